The molecule has 406 valence electrons. The van der Waals surface area contributed by atoms with Gasteiger partial charge in [0.2, 0.25) is 0 Å². The van der Waals surface area contributed by atoms with Gasteiger partial charge in [0.05, 0.1) is 41.6 Å². The number of likely N-dealkylation sites (tertiary alicyclic amines) is 2. The molecule has 6 aromatic heterocycles. The van der Waals surface area contributed by atoms with Crippen LogP contribution in [0.25, 0.3) is 44.6 Å². The molecule has 15 nitrogen and oxygen atoms in total. The monoisotopic (exact) mass is 1110 g/mol. The zero-order chi connectivity index (χ0) is 50.9. The first-order valence-corrected chi connectivity index (χ1v) is 31.2. The van der Waals surface area contributed by atoms with Gasteiger partial charge >= 0.3 is 29.6 Å². The number of ether oxygens (including phenoxy) is 2. The zero-order valence-electron chi connectivity index (χ0n) is 45.3. The van der Waals surface area contributed by atoms with E-state index in [0.717, 1.165) is 117 Å². The van der Waals surface area contributed by atoms with E-state index in [0.29, 0.717) is 35.6 Å². The van der Waals surface area contributed by atoms with Crippen molar-refractivity contribution in [2.75, 3.05) is 79.8 Å². The van der Waals surface area contributed by atoms with Gasteiger partial charge in [0, 0.05) is 109 Å². The third-order valence-electron chi connectivity index (χ3n) is 17.6. The third-order valence-corrected chi connectivity index (χ3v) is 21.1. The van der Waals surface area contributed by atoms with Crippen molar-refractivity contribution in [3.8, 4) is 22.5 Å². The van der Waals surface area contributed by atoms with Gasteiger partial charge in [-0.1, -0.05) is 18.2 Å². The van der Waals surface area contributed by atoms with Crippen molar-refractivity contribution < 1.29 is 52.9 Å². The van der Waals surface area contributed by atoms with Gasteiger partial charge in [0.25, 0.3) is 10.0 Å². The van der Waals surface area contributed by atoms with Gasteiger partial charge in [-0.2, -0.15) is 0 Å². The summed E-state index contributed by atoms with van der Waals surface area (Å²) in [5.74, 6) is 1.03. The molecule has 6 aliphatic rings. The molecule has 0 radical (unpaired) electrons. The number of H-pyrrole nitrogens is 1. The van der Waals surface area contributed by atoms with E-state index in [2.05, 4.69) is 74.0 Å². The molecule has 1 aromatic carbocycles. The maximum absolute atomic E-state index is 13.8. The van der Waals surface area contributed by atoms with E-state index in [1.807, 2.05) is 12.3 Å². The predicted octanol–water partition coefficient (Wildman–Crippen LogP) is 7.94. The topological polar surface area (TPSA) is 168 Å². The third kappa shape index (κ3) is 12.3. The van der Waals surface area contributed by atoms with E-state index in [4.69, 9.17) is 29.4 Å². The minimum Gasteiger partial charge on any atom is -0.870 e. The second kappa shape index (κ2) is 25.5. The molecule has 19 heteroatoms. The van der Waals surface area contributed by atoms with Crippen molar-refractivity contribution in [2.45, 2.75) is 131 Å². The van der Waals surface area contributed by atoms with Crippen LogP contribution in [0.1, 0.15) is 135 Å². The number of nitrogens with one attached hydrogen (secondary N) is 1. The van der Waals surface area contributed by atoms with Crippen LogP contribution < -0.4 is 29.6 Å². The number of benzene rings is 1. The Kier molecular flexibility index (Phi) is 18.8. The van der Waals surface area contributed by atoms with Crippen LogP contribution in [-0.4, -0.2) is 154 Å². The molecule has 4 aliphatic heterocycles. The molecule has 0 spiro atoms. The summed E-state index contributed by atoms with van der Waals surface area (Å²) in [7, 11) is 0.549. The molecule has 4 saturated heterocycles. The van der Waals surface area contributed by atoms with Crippen LogP contribution >= 0.6 is 22.7 Å². The minimum atomic E-state index is -3.82. The normalized spacial score (nSPS) is 25.4. The van der Waals surface area contributed by atoms with Crippen molar-refractivity contribution in [3.05, 3.63) is 99.2 Å². The Labute approximate surface area is 484 Å². The summed E-state index contributed by atoms with van der Waals surface area (Å²) in [6.07, 6.45) is 24.5. The van der Waals surface area contributed by atoms with E-state index < -0.39 is 10.0 Å². The Morgan fingerprint density at radius 2 is 1.14 bits per heavy atom. The van der Waals surface area contributed by atoms with Gasteiger partial charge < -0.3 is 19.9 Å². The summed E-state index contributed by atoms with van der Waals surface area (Å²) in [5, 5.41) is 8.73. The molecule has 0 amide bonds. The number of aromatic amines is 1. The molecule has 10 heterocycles. The molecule has 13 rings (SSSR count). The maximum atomic E-state index is 13.8. The van der Waals surface area contributed by atoms with Crippen molar-refractivity contribution in [1.82, 2.24) is 48.5 Å². The number of thiazole rings is 2. The van der Waals surface area contributed by atoms with Crippen LogP contribution in [0, 0.1) is 0 Å². The van der Waals surface area contributed by atoms with Crippen LogP contribution in [0.5, 0.6) is 0 Å². The average Bonchev–Trinajstić information content (AvgIpc) is 4.35. The molecule has 2 aliphatic carbocycles. The Hall–Kier alpha value is -3.47. The predicted molar refractivity (Wildman–Crippen MR) is 302 cm³/mol. The van der Waals surface area contributed by atoms with Gasteiger partial charge in [-0.05, 0) is 164 Å². The van der Waals surface area contributed by atoms with Gasteiger partial charge in [0.15, 0.2) is 5.65 Å². The van der Waals surface area contributed by atoms with Gasteiger partial charge in [-0.3, -0.25) is 19.6 Å². The molecule has 77 heavy (non-hydrogen) atoms. The Balaban J connectivity index is 0.000000175. The second-order valence-electron chi connectivity index (χ2n) is 22.1. The molecule has 2 atom stereocenters. The maximum Gasteiger partial charge on any atom is 1.00 e. The SMILES string of the molecule is CN1CCCC1c1nc(-c2c[nH]c3ncc(C4CCC(N5CCCOCC5)CC4)cc23)cs1.CN1CCCC1c1nc(-c2cn(S(=O)(=O)c3ccccc3)c3ncc(C4CCC(N5CCCOCC5)CC4)cc23)cs1.[Na+].[OH-]. The molecule has 6 fully saturated rings. The molecule has 7 aromatic rings. The number of pyridine rings is 2. The van der Waals surface area contributed by atoms with E-state index in [9.17, 15) is 8.42 Å². The standard InChI is InChI=1S/C32H39N5O3S2.C26H35N5OS.Na.H2O/c1-35-14-5-9-30(35)32-34-29(22-41-32)28-21-37(42(38,39)26-7-3-2-4-8-26)31-27(28)19-24(20-33-31)23-10-12-25(13-11-23)36-15-6-17-40-18-16-36;1-30-9-2-4-24(30)26-29-23(17-33-26)22-16-28-25-21(22)14-19(15-27-25)18-5-7-20(8-6-18)31-10-3-12-32-13-11-31;;/h2-4,7-8,19-23,25,30H,5-6,9-18H2,1H3;14-18,20,24H,2-13H2,1H3,(H,27,28);;1H2/q;;+1;/p-1. The first-order valence-electron chi connectivity index (χ1n) is 28.0. The van der Waals surface area contributed by atoms with Crippen molar-refractivity contribution in [3.63, 3.8) is 0 Å². The number of nitrogens with zero attached hydrogens (tertiary/aromatic N) is 9. The number of hydrogen-bond donors (Lipinski definition) is 1. The van der Waals surface area contributed by atoms with Crippen LogP contribution in [-0.2, 0) is 19.5 Å². The van der Waals surface area contributed by atoms with E-state index in [1.165, 1.54) is 108 Å². The summed E-state index contributed by atoms with van der Waals surface area (Å²) in [4.78, 5) is 33.5. The second-order valence-corrected chi connectivity index (χ2v) is 25.7. The summed E-state index contributed by atoms with van der Waals surface area (Å²) < 4.78 is 40.4. The average molecular weight is 1110 g/mol. The molecular weight excluding hydrogens is 1040 g/mol. The summed E-state index contributed by atoms with van der Waals surface area (Å²) in [6, 6.07) is 15.4. The summed E-state index contributed by atoms with van der Waals surface area (Å²) in [5.41, 5.74) is 7.97. The minimum absolute atomic E-state index is 0. The van der Waals surface area contributed by atoms with Crippen molar-refractivity contribution in [1.29, 1.82) is 0 Å². The Morgan fingerprint density at radius 1 is 0.610 bits per heavy atom. The first-order chi connectivity index (χ1) is 36.7. The fourth-order valence-electron chi connectivity index (χ4n) is 13.2. The van der Waals surface area contributed by atoms with Crippen LogP contribution in [0.2, 0.25) is 0 Å². The molecule has 2 N–H and O–H groups in total. The Bertz CT molecular complexity index is 3130. The van der Waals surface area contributed by atoms with Crippen molar-refractivity contribution in [2.24, 2.45) is 0 Å². The number of aromatic nitrogens is 6. The van der Waals surface area contributed by atoms with Gasteiger partial charge in [-0.25, -0.2) is 32.3 Å². The number of fused-ring (bicyclic) bond motifs is 2. The van der Waals surface area contributed by atoms with E-state index in [1.54, 1.807) is 53.1 Å². The van der Waals surface area contributed by atoms with Gasteiger partial charge in [0.1, 0.15) is 15.7 Å². The first kappa shape index (κ1) is 56.8. The zero-order valence-corrected chi connectivity index (χ0v) is 49.7. The number of rotatable bonds is 10. The van der Waals surface area contributed by atoms with Crippen LogP contribution in [0.15, 0.2) is 82.9 Å². The fourth-order valence-corrected chi connectivity index (χ4v) is 16.6. The van der Waals surface area contributed by atoms with Crippen molar-refractivity contribution >= 4 is 54.8 Å². The molecule has 2 saturated carbocycles. The van der Waals surface area contributed by atoms with Crippen LogP contribution in [0.3, 0.4) is 0 Å². The Morgan fingerprint density at radius 3 is 1.69 bits per heavy atom. The fraction of sp³-hybridized carbons (Fsp3) is 0.552. The quantitative estimate of drug-likeness (QED) is 0.131. The molecular formula is C58H75N10NaO5S3. The summed E-state index contributed by atoms with van der Waals surface area (Å²) >= 11 is 3.47. The molecule has 0 bridgehead atoms. The summed E-state index contributed by atoms with van der Waals surface area (Å²) in [6.45, 7) is 10.2. The smallest absolute Gasteiger partial charge is 0.870 e. The number of hydrogen-bond acceptors (Lipinski definition) is 15. The van der Waals surface area contributed by atoms with E-state index in [-0.39, 0.29) is 39.9 Å². The van der Waals surface area contributed by atoms with E-state index >= 15 is 0 Å². The van der Waals surface area contributed by atoms with Crippen LogP contribution in [0.4, 0.5) is 0 Å². The largest absolute Gasteiger partial charge is 1.00 e. The molecule has 2 unspecified atom stereocenters. The van der Waals surface area contributed by atoms with Gasteiger partial charge in [-0.15, -0.1) is 22.7 Å².